The number of hydrogen-bond donors (Lipinski definition) is 0. The van der Waals surface area contributed by atoms with Crippen LogP contribution in [0.5, 0.6) is 0 Å². The lowest BCUT2D eigenvalue weighted by Gasteiger charge is -2.35. The number of nitrogens with zero attached hydrogens (tertiary/aromatic N) is 3. The molecule has 2 aliphatic heterocycles. The molecular weight excluding hydrogens is 378 g/mol. The Bertz CT molecular complexity index is 889. The van der Waals surface area contributed by atoms with Crippen LogP contribution in [0.25, 0.3) is 6.08 Å². The van der Waals surface area contributed by atoms with E-state index in [1.54, 1.807) is 0 Å². The molecule has 4 rings (SSSR count). The van der Waals surface area contributed by atoms with E-state index in [0.717, 1.165) is 43.5 Å². The van der Waals surface area contributed by atoms with Gasteiger partial charge in [-0.05, 0) is 35.0 Å². The zero-order valence-corrected chi connectivity index (χ0v) is 16.4. The van der Waals surface area contributed by atoms with E-state index in [4.69, 9.17) is 11.6 Å². The van der Waals surface area contributed by atoms with Gasteiger partial charge in [-0.3, -0.25) is 9.69 Å². The van der Waals surface area contributed by atoms with E-state index < -0.39 is 0 Å². The second-order valence-electron chi connectivity index (χ2n) is 6.58. The number of piperazine rings is 1. The molecule has 0 radical (unpaired) electrons. The largest absolute Gasteiger partial charge is 0.348 e. The van der Waals surface area contributed by atoms with Gasteiger partial charge >= 0.3 is 0 Å². The molecule has 2 aromatic rings. The predicted molar refractivity (Wildman–Crippen MR) is 113 cm³/mol. The smallest absolute Gasteiger partial charge is 0.286 e. The molecule has 0 aliphatic carbocycles. The summed E-state index contributed by atoms with van der Waals surface area (Å²) in [7, 11) is 0. The Morgan fingerprint density at radius 3 is 2.44 bits per heavy atom. The first-order valence-corrected chi connectivity index (χ1v) is 10.2. The number of rotatable bonds is 3. The van der Waals surface area contributed by atoms with Crippen molar-refractivity contribution in [2.75, 3.05) is 26.2 Å². The van der Waals surface area contributed by atoms with Crippen LogP contribution < -0.4 is 0 Å². The van der Waals surface area contributed by atoms with Crippen molar-refractivity contribution in [3.05, 3.63) is 75.7 Å². The van der Waals surface area contributed by atoms with Crippen LogP contribution in [-0.2, 0) is 11.3 Å². The minimum absolute atomic E-state index is 0.179. The summed E-state index contributed by atoms with van der Waals surface area (Å²) in [6, 6.07) is 18.0. The molecule has 0 spiro atoms. The van der Waals surface area contributed by atoms with Crippen LogP contribution in [0.1, 0.15) is 11.1 Å². The maximum Gasteiger partial charge on any atom is 0.286 e. The van der Waals surface area contributed by atoms with Gasteiger partial charge in [-0.1, -0.05) is 60.1 Å². The normalized spacial score (nSPS) is 19.6. The Labute approximate surface area is 168 Å². The molecule has 0 bridgehead atoms. The molecule has 0 atom stereocenters. The van der Waals surface area contributed by atoms with Gasteiger partial charge in [0.15, 0.2) is 5.17 Å². The highest BCUT2D eigenvalue weighted by Gasteiger charge is 2.28. The zero-order chi connectivity index (χ0) is 18.6. The van der Waals surface area contributed by atoms with Crippen LogP contribution >= 0.6 is 23.4 Å². The monoisotopic (exact) mass is 397 g/mol. The van der Waals surface area contributed by atoms with Gasteiger partial charge in [0.2, 0.25) is 0 Å². The van der Waals surface area contributed by atoms with Crippen LogP contribution in [0.3, 0.4) is 0 Å². The summed E-state index contributed by atoms with van der Waals surface area (Å²) in [6.45, 7) is 4.65. The molecule has 0 aromatic heterocycles. The Morgan fingerprint density at radius 1 is 1.00 bits per heavy atom. The van der Waals surface area contributed by atoms with E-state index in [2.05, 4.69) is 39.1 Å². The Morgan fingerprint density at radius 2 is 1.70 bits per heavy atom. The van der Waals surface area contributed by atoms with Crippen molar-refractivity contribution < 1.29 is 4.79 Å². The first-order chi connectivity index (χ1) is 13.2. The molecule has 1 saturated heterocycles. The third-order valence-corrected chi connectivity index (χ3v) is 6.08. The van der Waals surface area contributed by atoms with E-state index >= 15 is 0 Å². The van der Waals surface area contributed by atoms with Crippen molar-refractivity contribution in [1.29, 1.82) is 0 Å². The van der Waals surface area contributed by atoms with E-state index in [1.165, 1.54) is 17.3 Å². The summed E-state index contributed by atoms with van der Waals surface area (Å²) < 4.78 is 0. The molecule has 0 N–H and O–H groups in total. The van der Waals surface area contributed by atoms with Crippen LogP contribution in [0.2, 0.25) is 5.02 Å². The van der Waals surface area contributed by atoms with Gasteiger partial charge in [0, 0.05) is 37.7 Å². The molecule has 1 amide bonds. The highest BCUT2D eigenvalue weighted by atomic mass is 35.5. The second kappa shape index (κ2) is 8.30. The molecule has 0 saturated carbocycles. The molecule has 27 heavy (non-hydrogen) atoms. The fraction of sp³-hybridized carbons (Fsp3) is 0.238. The van der Waals surface area contributed by atoms with Crippen molar-refractivity contribution >= 4 is 40.5 Å². The van der Waals surface area contributed by atoms with E-state index in [9.17, 15) is 4.79 Å². The molecule has 138 valence electrons. The number of benzene rings is 2. The Balaban J connectivity index is 1.36. The van der Waals surface area contributed by atoms with Gasteiger partial charge in [-0.2, -0.15) is 4.99 Å². The number of carbonyl (C=O) groups is 1. The fourth-order valence-corrected chi connectivity index (χ4v) is 4.35. The lowest BCUT2D eigenvalue weighted by molar-refractivity contribution is -0.113. The Hall–Kier alpha value is -2.08. The van der Waals surface area contributed by atoms with Gasteiger partial charge < -0.3 is 4.90 Å². The zero-order valence-electron chi connectivity index (χ0n) is 14.8. The van der Waals surface area contributed by atoms with Crippen LogP contribution in [0.15, 0.2) is 64.5 Å². The summed E-state index contributed by atoms with van der Waals surface area (Å²) in [6.07, 6.45) is 1.83. The minimum Gasteiger partial charge on any atom is -0.348 e. The Kier molecular flexibility index (Phi) is 5.62. The lowest BCUT2D eigenvalue weighted by Crippen LogP contribution is -2.47. The van der Waals surface area contributed by atoms with Crippen LogP contribution in [-0.4, -0.2) is 47.1 Å². The van der Waals surface area contributed by atoms with E-state index in [1.807, 2.05) is 36.4 Å². The number of carbonyl (C=O) groups excluding carboxylic acids is 1. The number of hydrogen-bond acceptors (Lipinski definition) is 4. The second-order valence-corrected chi connectivity index (χ2v) is 8.00. The highest BCUT2D eigenvalue weighted by molar-refractivity contribution is 8.18. The molecule has 1 fully saturated rings. The first kappa shape index (κ1) is 18.3. The summed E-state index contributed by atoms with van der Waals surface area (Å²) >= 11 is 7.64. The number of amidine groups is 1. The topological polar surface area (TPSA) is 35.9 Å². The van der Waals surface area contributed by atoms with Gasteiger partial charge in [0.05, 0.1) is 4.91 Å². The summed E-state index contributed by atoms with van der Waals surface area (Å²) in [5.74, 6) is -0.179. The molecule has 2 aromatic carbocycles. The molecule has 2 aliphatic rings. The summed E-state index contributed by atoms with van der Waals surface area (Å²) in [5, 5.41) is 1.44. The van der Waals surface area contributed by atoms with Crippen LogP contribution in [0, 0.1) is 0 Å². The summed E-state index contributed by atoms with van der Waals surface area (Å²) in [5.41, 5.74) is 2.18. The average Bonchev–Trinajstić information content (AvgIpc) is 3.05. The molecule has 4 nitrogen and oxygen atoms in total. The van der Waals surface area contributed by atoms with Crippen LogP contribution in [0.4, 0.5) is 0 Å². The van der Waals surface area contributed by atoms with E-state index in [-0.39, 0.29) is 5.91 Å². The lowest BCUT2D eigenvalue weighted by atomic mass is 10.2. The predicted octanol–water partition coefficient (Wildman–Crippen LogP) is 4.13. The van der Waals surface area contributed by atoms with E-state index in [0.29, 0.717) is 9.93 Å². The van der Waals surface area contributed by atoms with Gasteiger partial charge in [0.25, 0.3) is 5.91 Å². The van der Waals surface area contributed by atoms with Crippen molar-refractivity contribution in [2.24, 2.45) is 4.99 Å². The molecule has 0 unspecified atom stereocenters. The van der Waals surface area contributed by atoms with Crippen molar-refractivity contribution in [3.8, 4) is 0 Å². The SMILES string of the molecule is O=C1N=C(N2CCN(Cc3ccccc3)CC2)S/C1=C\c1ccccc1Cl. The van der Waals surface area contributed by atoms with Gasteiger partial charge in [-0.15, -0.1) is 0 Å². The van der Waals surface area contributed by atoms with Crippen molar-refractivity contribution in [2.45, 2.75) is 6.54 Å². The highest BCUT2D eigenvalue weighted by Crippen LogP contribution is 2.32. The molecular formula is C21H20ClN3OS. The summed E-state index contributed by atoms with van der Waals surface area (Å²) in [4.78, 5) is 21.8. The maximum absolute atomic E-state index is 12.3. The third-order valence-electron chi connectivity index (χ3n) is 4.69. The molecule has 2 heterocycles. The quantitative estimate of drug-likeness (QED) is 0.729. The van der Waals surface area contributed by atoms with Crippen molar-refractivity contribution in [3.63, 3.8) is 0 Å². The number of amides is 1. The van der Waals surface area contributed by atoms with Crippen molar-refractivity contribution in [1.82, 2.24) is 9.80 Å². The van der Waals surface area contributed by atoms with Gasteiger partial charge in [-0.25, -0.2) is 0 Å². The van der Waals surface area contributed by atoms with Gasteiger partial charge in [0.1, 0.15) is 0 Å². The number of halogens is 1. The standard InChI is InChI=1S/C21H20ClN3OS/c22-18-9-5-4-8-17(18)14-19-20(26)23-21(27-19)25-12-10-24(11-13-25)15-16-6-2-1-3-7-16/h1-9,14H,10-13,15H2/b19-14-. The third kappa shape index (κ3) is 4.43. The minimum atomic E-state index is -0.179. The average molecular weight is 398 g/mol. The number of aliphatic imine (C=N–C) groups is 1. The molecule has 6 heteroatoms. The fourth-order valence-electron chi connectivity index (χ4n) is 3.21. The maximum atomic E-state index is 12.3. The first-order valence-electron chi connectivity index (χ1n) is 8.97. The number of thioether (sulfide) groups is 1.